The molecular formula is C9H15N3OS. The van der Waals surface area contributed by atoms with Gasteiger partial charge in [-0.3, -0.25) is 4.79 Å². The Balaban J connectivity index is 2.26. The van der Waals surface area contributed by atoms with E-state index >= 15 is 0 Å². The van der Waals surface area contributed by atoms with Crippen LogP contribution in [0.3, 0.4) is 0 Å². The van der Waals surface area contributed by atoms with E-state index in [9.17, 15) is 4.79 Å². The number of thiazole rings is 1. The van der Waals surface area contributed by atoms with Gasteiger partial charge in [0.1, 0.15) is 0 Å². The lowest BCUT2D eigenvalue weighted by Crippen LogP contribution is -2.49. The smallest absolute Gasteiger partial charge is 0.239 e. The van der Waals surface area contributed by atoms with Crippen LogP contribution < -0.4 is 11.1 Å². The van der Waals surface area contributed by atoms with E-state index in [0.29, 0.717) is 6.54 Å². The van der Waals surface area contributed by atoms with E-state index in [4.69, 9.17) is 5.73 Å². The molecule has 0 aromatic carbocycles. The Morgan fingerprint density at radius 1 is 1.71 bits per heavy atom. The molecular weight excluding hydrogens is 198 g/mol. The highest BCUT2D eigenvalue weighted by Gasteiger charge is 2.20. The molecule has 5 heteroatoms. The van der Waals surface area contributed by atoms with Crippen molar-refractivity contribution >= 4 is 17.2 Å². The first-order valence-corrected chi connectivity index (χ1v) is 5.38. The third-order valence-electron chi connectivity index (χ3n) is 1.74. The lowest BCUT2D eigenvalue weighted by Gasteiger charge is -2.17. The Kier molecular flexibility index (Phi) is 3.60. The van der Waals surface area contributed by atoms with E-state index in [2.05, 4.69) is 10.3 Å². The van der Waals surface area contributed by atoms with Crippen LogP contribution in [-0.4, -0.2) is 23.0 Å². The molecule has 1 aromatic heterocycles. The van der Waals surface area contributed by atoms with Gasteiger partial charge in [0.15, 0.2) is 0 Å². The van der Waals surface area contributed by atoms with Crippen LogP contribution in [0, 0.1) is 0 Å². The normalized spacial score (nSPS) is 11.4. The Morgan fingerprint density at radius 2 is 2.43 bits per heavy atom. The minimum atomic E-state index is -0.803. The first kappa shape index (κ1) is 11.1. The fourth-order valence-corrected chi connectivity index (χ4v) is 1.49. The highest BCUT2D eigenvalue weighted by Crippen LogP contribution is 2.01. The maximum absolute atomic E-state index is 11.3. The third-order valence-corrected chi connectivity index (χ3v) is 2.37. The lowest BCUT2D eigenvalue weighted by molar-refractivity contribution is -0.125. The largest absolute Gasteiger partial charge is 0.354 e. The number of hydrogen-bond donors (Lipinski definition) is 2. The van der Waals surface area contributed by atoms with Gasteiger partial charge >= 0.3 is 0 Å². The molecule has 0 unspecified atom stereocenters. The zero-order valence-corrected chi connectivity index (χ0v) is 9.23. The molecule has 14 heavy (non-hydrogen) atoms. The van der Waals surface area contributed by atoms with Gasteiger partial charge in [-0.15, -0.1) is 11.3 Å². The Labute approximate surface area is 87.5 Å². The molecule has 0 spiro atoms. The van der Waals surface area contributed by atoms with E-state index in [-0.39, 0.29) is 5.91 Å². The van der Waals surface area contributed by atoms with Crippen molar-refractivity contribution in [3.05, 3.63) is 16.6 Å². The minimum Gasteiger partial charge on any atom is -0.354 e. The Morgan fingerprint density at radius 3 is 2.93 bits per heavy atom. The summed E-state index contributed by atoms with van der Waals surface area (Å²) in [6, 6.07) is 0. The quantitative estimate of drug-likeness (QED) is 0.767. The molecule has 0 saturated carbocycles. The van der Waals surface area contributed by atoms with Gasteiger partial charge in [0.25, 0.3) is 0 Å². The van der Waals surface area contributed by atoms with Crippen LogP contribution in [0.2, 0.25) is 0 Å². The monoisotopic (exact) mass is 213 g/mol. The topological polar surface area (TPSA) is 68.0 Å². The fourth-order valence-electron chi connectivity index (χ4n) is 0.893. The van der Waals surface area contributed by atoms with Crippen molar-refractivity contribution < 1.29 is 4.79 Å². The number of nitrogens with two attached hydrogens (primary N) is 1. The second-order valence-corrected chi connectivity index (χ2v) is 4.43. The van der Waals surface area contributed by atoms with Crippen LogP contribution in [0.1, 0.15) is 19.5 Å². The molecule has 0 radical (unpaired) electrons. The van der Waals surface area contributed by atoms with Crippen molar-refractivity contribution in [2.24, 2.45) is 5.73 Å². The van der Waals surface area contributed by atoms with Crippen molar-refractivity contribution in [3.63, 3.8) is 0 Å². The van der Waals surface area contributed by atoms with E-state index < -0.39 is 5.54 Å². The molecule has 1 amide bonds. The molecule has 0 atom stereocenters. The van der Waals surface area contributed by atoms with E-state index in [0.717, 1.165) is 12.1 Å². The predicted molar refractivity (Wildman–Crippen MR) is 57.1 cm³/mol. The van der Waals surface area contributed by atoms with Crippen LogP contribution in [0.25, 0.3) is 0 Å². The molecule has 0 saturated heterocycles. The molecule has 78 valence electrons. The Hall–Kier alpha value is -0.940. The van der Waals surface area contributed by atoms with Gasteiger partial charge in [-0.1, -0.05) is 0 Å². The van der Waals surface area contributed by atoms with Gasteiger partial charge in [-0.25, -0.2) is 4.98 Å². The molecule has 3 N–H and O–H groups in total. The number of carbonyl (C=O) groups is 1. The molecule has 1 rings (SSSR count). The Bertz CT molecular complexity index is 290. The van der Waals surface area contributed by atoms with Gasteiger partial charge in [0, 0.05) is 18.3 Å². The summed E-state index contributed by atoms with van der Waals surface area (Å²) < 4.78 is 0. The van der Waals surface area contributed by atoms with Crippen molar-refractivity contribution in [1.29, 1.82) is 0 Å². The maximum Gasteiger partial charge on any atom is 0.239 e. The summed E-state index contributed by atoms with van der Waals surface area (Å²) in [5.74, 6) is -0.132. The van der Waals surface area contributed by atoms with Crippen LogP contribution in [-0.2, 0) is 11.2 Å². The average molecular weight is 213 g/mol. The maximum atomic E-state index is 11.3. The van der Waals surface area contributed by atoms with Crippen molar-refractivity contribution in [1.82, 2.24) is 10.3 Å². The van der Waals surface area contributed by atoms with E-state index in [1.54, 1.807) is 30.7 Å². The van der Waals surface area contributed by atoms with Crippen molar-refractivity contribution in [2.45, 2.75) is 25.8 Å². The number of nitrogens with one attached hydrogen (secondary N) is 1. The summed E-state index contributed by atoms with van der Waals surface area (Å²) in [4.78, 5) is 15.5. The second kappa shape index (κ2) is 4.52. The summed E-state index contributed by atoms with van der Waals surface area (Å²) in [5.41, 5.74) is 7.60. The van der Waals surface area contributed by atoms with Crippen LogP contribution in [0.15, 0.2) is 10.9 Å². The molecule has 0 fully saturated rings. The number of aromatic nitrogens is 1. The summed E-state index contributed by atoms with van der Waals surface area (Å²) >= 11 is 1.56. The van der Waals surface area contributed by atoms with Crippen LogP contribution >= 0.6 is 11.3 Å². The highest BCUT2D eigenvalue weighted by atomic mass is 32.1. The van der Waals surface area contributed by atoms with Crippen molar-refractivity contribution in [2.75, 3.05) is 6.54 Å². The van der Waals surface area contributed by atoms with Gasteiger partial charge in [-0.2, -0.15) is 0 Å². The predicted octanol–water partition coefficient (Wildman–Crippen LogP) is 0.539. The van der Waals surface area contributed by atoms with Crippen LogP contribution in [0.5, 0.6) is 0 Å². The van der Waals surface area contributed by atoms with Gasteiger partial charge in [0.05, 0.1) is 16.7 Å². The zero-order chi connectivity index (χ0) is 10.6. The third kappa shape index (κ3) is 3.43. The summed E-state index contributed by atoms with van der Waals surface area (Å²) in [7, 11) is 0. The van der Waals surface area contributed by atoms with Gasteiger partial charge in [0.2, 0.25) is 5.91 Å². The molecule has 4 nitrogen and oxygen atoms in total. The zero-order valence-electron chi connectivity index (χ0n) is 8.41. The fraction of sp³-hybridized carbons (Fsp3) is 0.556. The first-order valence-electron chi connectivity index (χ1n) is 4.44. The second-order valence-electron chi connectivity index (χ2n) is 3.71. The standard InChI is InChI=1S/C9H15N3OS/c1-9(2,10)8(13)11-4-3-7-5-14-6-12-7/h5-6H,3-4,10H2,1-2H3,(H,11,13). The molecule has 0 bridgehead atoms. The molecule has 0 aliphatic rings. The number of nitrogens with zero attached hydrogens (tertiary/aromatic N) is 1. The number of rotatable bonds is 4. The van der Waals surface area contributed by atoms with Gasteiger partial charge in [-0.05, 0) is 13.8 Å². The first-order chi connectivity index (χ1) is 6.50. The summed E-state index contributed by atoms with van der Waals surface area (Å²) in [6.45, 7) is 3.96. The summed E-state index contributed by atoms with van der Waals surface area (Å²) in [6.07, 6.45) is 0.755. The molecule has 1 aromatic rings. The highest BCUT2D eigenvalue weighted by molar-refractivity contribution is 7.07. The number of amides is 1. The average Bonchev–Trinajstić information content (AvgIpc) is 2.55. The van der Waals surface area contributed by atoms with Gasteiger partial charge < -0.3 is 11.1 Å². The van der Waals surface area contributed by atoms with E-state index in [1.807, 2.05) is 5.38 Å². The van der Waals surface area contributed by atoms with Crippen LogP contribution in [0.4, 0.5) is 0 Å². The molecule has 0 aliphatic carbocycles. The minimum absolute atomic E-state index is 0.132. The molecule has 1 heterocycles. The lowest BCUT2D eigenvalue weighted by atomic mass is 10.1. The van der Waals surface area contributed by atoms with Crippen molar-refractivity contribution in [3.8, 4) is 0 Å². The number of hydrogen-bond acceptors (Lipinski definition) is 4. The number of carbonyl (C=O) groups excluding carboxylic acids is 1. The SMILES string of the molecule is CC(C)(N)C(=O)NCCc1cscn1. The van der Waals surface area contributed by atoms with E-state index in [1.165, 1.54) is 0 Å². The molecule has 0 aliphatic heterocycles. The summed E-state index contributed by atoms with van der Waals surface area (Å²) in [5, 5.41) is 4.73.